The number of rotatable bonds is 3. The first kappa shape index (κ1) is 15.6. The second-order valence-electron chi connectivity index (χ2n) is 5.69. The molecule has 0 radical (unpaired) electrons. The van der Waals surface area contributed by atoms with E-state index in [9.17, 15) is 9.90 Å². The Morgan fingerprint density at radius 1 is 1.50 bits per heavy atom. The number of benzene rings is 1. The van der Waals surface area contributed by atoms with Crippen molar-refractivity contribution < 1.29 is 9.90 Å². The first-order chi connectivity index (χ1) is 9.36. The Morgan fingerprint density at radius 2 is 2.20 bits per heavy atom. The zero-order chi connectivity index (χ0) is 14.9. The minimum Gasteiger partial charge on any atom is -0.479 e. The second kappa shape index (κ2) is 5.94. The molecule has 2 rings (SSSR count). The van der Waals surface area contributed by atoms with Crippen LogP contribution in [0.1, 0.15) is 33.1 Å². The molecule has 5 heteroatoms. The second-order valence-corrected chi connectivity index (χ2v) is 6.95. The number of nitrogens with one attached hydrogen (secondary N) is 1. The van der Waals surface area contributed by atoms with Crippen molar-refractivity contribution in [1.29, 1.82) is 0 Å². The molecule has 2 N–H and O–H groups in total. The molecule has 110 valence electrons. The third-order valence-electron chi connectivity index (χ3n) is 4.53. The van der Waals surface area contributed by atoms with Gasteiger partial charge in [-0.25, -0.2) is 4.79 Å². The molecule has 3 nitrogen and oxygen atoms in total. The van der Waals surface area contributed by atoms with E-state index in [1.165, 1.54) is 0 Å². The molecule has 0 saturated heterocycles. The first-order valence-electron chi connectivity index (χ1n) is 6.83. The van der Waals surface area contributed by atoms with Gasteiger partial charge < -0.3 is 10.4 Å². The molecule has 20 heavy (non-hydrogen) atoms. The van der Waals surface area contributed by atoms with Crippen molar-refractivity contribution in [2.75, 3.05) is 5.32 Å². The monoisotopic (exact) mass is 359 g/mol. The average Bonchev–Trinajstić information content (AvgIpc) is 2.39. The quantitative estimate of drug-likeness (QED) is 0.814. The zero-order valence-electron chi connectivity index (χ0n) is 11.6. The van der Waals surface area contributed by atoms with Gasteiger partial charge >= 0.3 is 5.97 Å². The summed E-state index contributed by atoms with van der Waals surface area (Å²) in [6, 6.07) is 5.42. The van der Waals surface area contributed by atoms with Crippen LogP contribution in [-0.4, -0.2) is 16.6 Å². The molecule has 0 spiro atoms. The molecular formula is C15H19BrClNO2. The molecule has 0 aliphatic heterocycles. The van der Waals surface area contributed by atoms with Gasteiger partial charge in [-0.15, -0.1) is 0 Å². The summed E-state index contributed by atoms with van der Waals surface area (Å²) in [7, 11) is 0. The van der Waals surface area contributed by atoms with Crippen LogP contribution in [0, 0.1) is 11.8 Å². The number of hydrogen-bond acceptors (Lipinski definition) is 2. The van der Waals surface area contributed by atoms with Crippen LogP contribution in [0.5, 0.6) is 0 Å². The van der Waals surface area contributed by atoms with E-state index in [-0.39, 0.29) is 5.92 Å². The van der Waals surface area contributed by atoms with Crippen molar-refractivity contribution >= 4 is 39.2 Å². The summed E-state index contributed by atoms with van der Waals surface area (Å²) < 4.78 is 0.765. The molecule has 1 aliphatic carbocycles. The lowest BCUT2D eigenvalue weighted by Gasteiger charge is -2.43. The minimum absolute atomic E-state index is 0.0724. The summed E-state index contributed by atoms with van der Waals surface area (Å²) in [4.78, 5) is 11.9. The van der Waals surface area contributed by atoms with Crippen LogP contribution in [0.3, 0.4) is 0 Å². The Bertz CT molecular complexity index is 523. The van der Waals surface area contributed by atoms with Gasteiger partial charge in [0, 0.05) is 10.2 Å². The Hall–Kier alpha value is -0.740. The Morgan fingerprint density at radius 3 is 2.80 bits per heavy atom. The van der Waals surface area contributed by atoms with Crippen molar-refractivity contribution in [3.63, 3.8) is 0 Å². The number of carboxylic acids is 1. The molecule has 1 aromatic carbocycles. The van der Waals surface area contributed by atoms with Gasteiger partial charge in [-0.1, -0.05) is 38.3 Å². The number of anilines is 1. The standard InChI is InChI=1S/C15H19BrClNO2/c1-9-4-3-7-15(10(9)2,14(19)20)18-11-5-6-13(17)12(16)8-11/h5-6,8-10,18H,3-4,7H2,1-2H3,(H,19,20). The largest absolute Gasteiger partial charge is 0.479 e. The number of aliphatic carboxylic acids is 1. The number of halogens is 2. The lowest BCUT2D eigenvalue weighted by Crippen LogP contribution is -2.55. The molecule has 0 amide bonds. The highest BCUT2D eigenvalue weighted by molar-refractivity contribution is 9.10. The highest BCUT2D eigenvalue weighted by Crippen LogP contribution is 2.40. The maximum Gasteiger partial charge on any atom is 0.329 e. The molecule has 0 bridgehead atoms. The van der Waals surface area contributed by atoms with Crippen LogP contribution >= 0.6 is 27.5 Å². The molecule has 0 heterocycles. The number of carboxylic acid groups (broad SMARTS) is 1. The van der Waals surface area contributed by atoms with Gasteiger partial charge in [0.2, 0.25) is 0 Å². The van der Waals surface area contributed by atoms with Gasteiger partial charge in [-0.05, 0) is 52.4 Å². The van der Waals surface area contributed by atoms with Gasteiger partial charge in [-0.3, -0.25) is 0 Å². The molecule has 1 aromatic rings. The van der Waals surface area contributed by atoms with E-state index in [0.717, 1.165) is 23.0 Å². The lowest BCUT2D eigenvalue weighted by molar-refractivity contribution is -0.146. The van der Waals surface area contributed by atoms with Crippen molar-refractivity contribution in [3.05, 3.63) is 27.7 Å². The van der Waals surface area contributed by atoms with Gasteiger partial charge in [0.05, 0.1) is 5.02 Å². The summed E-state index contributed by atoms with van der Waals surface area (Å²) in [6.45, 7) is 4.15. The summed E-state index contributed by atoms with van der Waals surface area (Å²) in [5, 5.41) is 13.6. The predicted molar refractivity (Wildman–Crippen MR) is 85.3 cm³/mol. The maximum atomic E-state index is 11.9. The van der Waals surface area contributed by atoms with E-state index < -0.39 is 11.5 Å². The summed E-state index contributed by atoms with van der Waals surface area (Å²) in [5.41, 5.74) is -0.116. The van der Waals surface area contributed by atoms with Crippen molar-refractivity contribution in [1.82, 2.24) is 0 Å². The van der Waals surface area contributed by atoms with E-state index in [1.54, 1.807) is 6.07 Å². The summed E-state index contributed by atoms with van der Waals surface area (Å²) in [6.07, 6.45) is 2.66. The normalized spacial score (nSPS) is 30.0. The van der Waals surface area contributed by atoms with E-state index in [0.29, 0.717) is 17.4 Å². The molecule has 0 aromatic heterocycles. The van der Waals surface area contributed by atoms with Crippen LogP contribution in [0.2, 0.25) is 5.02 Å². The molecule has 3 atom stereocenters. The Labute approximate surface area is 132 Å². The Balaban J connectivity index is 2.33. The fourth-order valence-corrected chi connectivity index (χ4v) is 3.53. The van der Waals surface area contributed by atoms with E-state index in [4.69, 9.17) is 11.6 Å². The minimum atomic E-state index is -0.898. The fourth-order valence-electron chi connectivity index (χ4n) is 3.03. The highest BCUT2D eigenvalue weighted by Gasteiger charge is 2.47. The van der Waals surface area contributed by atoms with Crippen LogP contribution in [0.4, 0.5) is 5.69 Å². The van der Waals surface area contributed by atoms with Crippen LogP contribution in [0.15, 0.2) is 22.7 Å². The van der Waals surface area contributed by atoms with Crippen molar-refractivity contribution in [2.45, 2.75) is 38.6 Å². The lowest BCUT2D eigenvalue weighted by atomic mass is 9.68. The summed E-state index contributed by atoms with van der Waals surface area (Å²) >= 11 is 9.35. The topological polar surface area (TPSA) is 49.3 Å². The average molecular weight is 361 g/mol. The van der Waals surface area contributed by atoms with Gasteiger partial charge in [-0.2, -0.15) is 0 Å². The van der Waals surface area contributed by atoms with E-state index in [1.807, 2.05) is 19.1 Å². The van der Waals surface area contributed by atoms with Crippen LogP contribution in [-0.2, 0) is 4.79 Å². The SMILES string of the molecule is CC1CCCC(Nc2ccc(Cl)c(Br)c2)(C(=O)O)C1C. The third-order valence-corrected chi connectivity index (χ3v) is 5.74. The maximum absolute atomic E-state index is 11.9. The molecule has 1 fully saturated rings. The predicted octanol–water partition coefficient (Wildman–Crippen LogP) is 4.79. The number of hydrogen-bond donors (Lipinski definition) is 2. The van der Waals surface area contributed by atoms with E-state index >= 15 is 0 Å². The van der Waals surface area contributed by atoms with Crippen LogP contribution in [0.25, 0.3) is 0 Å². The molecule has 1 saturated carbocycles. The number of carbonyl (C=O) groups is 1. The van der Waals surface area contributed by atoms with Crippen molar-refractivity contribution in [2.24, 2.45) is 11.8 Å². The summed E-state index contributed by atoms with van der Waals surface area (Å²) in [5.74, 6) is -0.311. The van der Waals surface area contributed by atoms with Gasteiger partial charge in [0.1, 0.15) is 5.54 Å². The zero-order valence-corrected chi connectivity index (χ0v) is 14.0. The van der Waals surface area contributed by atoms with Gasteiger partial charge in [0.15, 0.2) is 0 Å². The first-order valence-corrected chi connectivity index (χ1v) is 8.00. The highest BCUT2D eigenvalue weighted by atomic mass is 79.9. The molecular weight excluding hydrogens is 342 g/mol. The molecule has 3 unspecified atom stereocenters. The third kappa shape index (κ3) is 2.82. The molecule has 1 aliphatic rings. The fraction of sp³-hybridized carbons (Fsp3) is 0.533. The van der Waals surface area contributed by atoms with Gasteiger partial charge in [0.25, 0.3) is 0 Å². The van der Waals surface area contributed by atoms with Crippen molar-refractivity contribution in [3.8, 4) is 0 Å². The van der Waals surface area contributed by atoms with E-state index in [2.05, 4.69) is 28.2 Å². The smallest absolute Gasteiger partial charge is 0.329 e. The van der Waals surface area contributed by atoms with Crippen LogP contribution < -0.4 is 5.32 Å². The Kier molecular flexibility index (Phi) is 4.65.